The fourth-order valence-corrected chi connectivity index (χ4v) is 2.62. The van der Waals surface area contributed by atoms with E-state index in [1.54, 1.807) is 18.2 Å². The van der Waals surface area contributed by atoms with Crippen molar-refractivity contribution >= 4 is 34.8 Å². The summed E-state index contributed by atoms with van der Waals surface area (Å²) in [6.07, 6.45) is 0.628. The van der Waals surface area contributed by atoms with Gasteiger partial charge in [0.15, 0.2) is 0 Å². The third-order valence-corrected chi connectivity index (χ3v) is 3.46. The van der Waals surface area contributed by atoms with E-state index in [9.17, 15) is 0 Å². The summed E-state index contributed by atoms with van der Waals surface area (Å²) >= 11 is 18.1. The van der Waals surface area contributed by atoms with Crippen LogP contribution in [-0.4, -0.2) is 6.04 Å². The van der Waals surface area contributed by atoms with Crippen LogP contribution >= 0.6 is 34.8 Å². The fraction of sp³-hybridized carbons (Fsp3) is 0.200. The molecule has 0 aromatic heterocycles. The average Bonchev–Trinajstić information content (AvgIpc) is 2.32. The largest absolute Gasteiger partial charge is 0.457 e. The first-order valence-corrected chi connectivity index (χ1v) is 7.26. The summed E-state index contributed by atoms with van der Waals surface area (Å²) in [5.41, 5.74) is 6.72. The molecule has 2 aromatic rings. The molecule has 0 amide bonds. The third-order valence-electron chi connectivity index (χ3n) is 2.67. The van der Waals surface area contributed by atoms with E-state index in [0.29, 0.717) is 33.0 Å². The predicted molar refractivity (Wildman–Crippen MR) is 85.3 cm³/mol. The Balaban J connectivity index is 2.35. The van der Waals surface area contributed by atoms with Gasteiger partial charge in [0.2, 0.25) is 0 Å². The highest BCUT2D eigenvalue weighted by Gasteiger charge is 2.11. The van der Waals surface area contributed by atoms with Gasteiger partial charge in [0.05, 0.1) is 0 Å². The van der Waals surface area contributed by atoms with E-state index in [0.717, 1.165) is 5.56 Å². The number of halogens is 3. The molecule has 0 aliphatic heterocycles. The van der Waals surface area contributed by atoms with Crippen LogP contribution in [0.25, 0.3) is 0 Å². The molecule has 0 aliphatic carbocycles. The van der Waals surface area contributed by atoms with Crippen molar-refractivity contribution in [2.24, 2.45) is 5.73 Å². The fourth-order valence-electron chi connectivity index (χ4n) is 1.87. The molecule has 106 valence electrons. The molecule has 0 saturated heterocycles. The van der Waals surface area contributed by atoms with Gasteiger partial charge in [-0.2, -0.15) is 0 Å². The van der Waals surface area contributed by atoms with Gasteiger partial charge in [-0.25, -0.2) is 0 Å². The lowest BCUT2D eigenvalue weighted by Gasteiger charge is -2.14. The Morgan fingerprint density at radius 3 is 2.35 bits per heavy atom. The number of rotatable bonds is 4. The summed E-state index contributed by atoms with van der Waals surface area (Å²) in [5, 5.41) is 1.67. The van der Waals surface area contributed by atoms with Gasteiger partial charge in [-0.1, -0.05) is 40.9 Å². The first kappa shape index (κ1) is 15.5. The van der Waals surface area contributed by atoms with Crippen molar-refractivity contribution < 1.29 is 4.74 Å². The van der Waals surface area contributed by atoms with E-state index >= 15 is 0 Å². The van der Waals surface area contributed by atoms with Gasteiger partial charge in [0.1, 0.15) is 11.5 Å². The quantitative estimate of drug-likeness (QED) is 0.822. The summed E-state index contributed by atoms with van der Waals surface area (Å²) in [4.78, 5) is 0. The van der Waals surface area contributed by atoms with Gasteiger partial charge in [-0.3, -0.25) is 0 Å². The molecule has 0 aliphatic rings. The second-order valence-electron chi connectivity index (χ2n) is 4.61. The van der Waals surface area contributed by atoms with Crippen LogP contribution in [0.4, 0.5) is 0 Å². The van der Waals surface area contributed by atoms with E-state index in [1.165, 1.54) is 0 Å². The second kappa shape index (κ2) is 6.68. The normalized spacial score (nSPS) is 12.2. The molecule has 0 saturated carbocycles. The SMILES string of the molecule is CC(N)Cc1c(Cl)cccc1Oc1cc(Cl)cc(Cl)c1. The van der Waals surface area contributed by atoms with Crippen molar-refractivity contribution in [3.8, 4) is 11.5 Å². The van der Waals surface area contributed by atoms with Crippen molar-refractivity contribution in [2.45, 2.75) is 19.4 Å². The molecule has 2 rings (SSSR count). The molecule has 0 heterocycles. The van der Waals surface area contributed by atoms with Crippen LogP contribution in [-0.2, 0) is 6.42 Å². The Labute approximate surface area is 133 Å². The maximum atomic E-state index is 6.21. The molecule has 1 unspecified atom stereocenters. The first-order valence-electron chi connectivity index (χ1n) is 6.12. The summed E-state index contributed by atoms with van der Waals surface area (Å²) in [6.45, 7) is 1.92. The molecule has 2 aromatic carbocycles. The van der Waals surface area contributed by atoms with Crippen LogP contribution in [0, 0.1) is 0 Å². The highest BCUT2D eigenvalue weighted by molar-refractivity contribution is 6.34. The topological polar surface area (TPSA) is 35.2 Å². The van der Waals surface area contributed by atoms with Crippen molar-refractivity contribution in [3.63, 3.8) is 0 Å². The number of benzene rings is 2. The van der Waals surface area contributed by atoms with Crippen LogP contribution in [0.5, 0.6) is 11.5 Å². The third kappa shape index (κ3) is 4.03. The lowest BCUT2D eigenvalue weighted by Crippen LogP contribution is -2.18. The van der Waals surface area contributed by atoms with E-state index in [1.807, 2.05) is 25.1 Å². The average molecular weight is 331 g/mol. The van der Waals surface area contributed by atoms with Crippen LogP contribution in [0.1, 0.15) is 12.5 Å². The smallest absolute Gasteiger partial charge is 0.132 e. The molecule has 2 nitrogen and oxygen atoms in total. The Morgan fingerprint density at radius 1 is 1.10 bits per heavy atom. The minimum atomic E-state index is -0.0137. The predicted octanol–water partition coefficient (Wildman–Crippen LogP) is 5.33. The van der Waals surface area contributed by atoms with Crippen molar-refractivity contribution in [1.82, 2.24) is 0 Å². The molecular weight excluding hydrogens is 317 g/mol. The van der Waals surface area contributed by atoms with Crippen molar-refractivity contribution in [1.29, 1.82) is 0 Å². The van der Waals surface area contributed by atoms with Crippen LogP contribution in [0.3, 0.4) is 0 Å². The van der Waals surface area contributed by atoms with Crippen LogP contribution < -0.4 is 10.5 Å². The summed E-state index contributed by atoms with van der Waals surface area (Å²) in [6, 6.07) is 10.5. The number of hydrogen-bond acceptors (Lipinski definition) is 2. The number of nitrogens with two attached hydrogens (primary N) is 1. The monoisotopic (exact) mass is 329 g/mol. The van der Waals surface area contributed by atoms with Crippen LogP contribution in [0.2, 0.25) is 15.1 Å². The summed E-state index contributed by atoms with van der Waals surface area (Å²) < 4.78 is 5.84. The highest BCUT2D eigenvalue weighted by atomic mass is 35.5. The van der Waals surface area contributed by atoms with Gasteiger partial charge in [-0.05, 0) is 43.7 Å². The molecule has 2 N–H and O–H groups in total. The van der Waals surface area contributed by atoms with E-state index in [-0.39, 0.29) is 6.04 Å². The molecule has 5 heteroatoms. The Bertz CT molecular complexity index is 594. The zero-order valence-corrected chi connectivity index (χ0v) is 13.1. The lowest BCUT2D eigenvalue weighted by molar-refractivity contribution is 0.474. The number of hydrogen-bond donors (Lipinski definition) is 1. The lowest BCUT2D eigenvalue weighted by atomic mass is 10.1. The zero-order valence-electron chi connectivity index (χ0n) is 10.9. The highest BCUT2D eigenvalue weighted by Crippen LogP contribution is 2.33. The minimum absolute atomic E-state index is 0.0137. The summed E-state index contributed by atoms with van der Waals surface area (Å²) in [7, 11) is 0. The van der Waals surface area contributed by atoms with Crippen molar-refractivity contribution in [2.75, 3.05) is 0 Å². The molecule has 0 bridgehead atoms. The zero-order chi connectivity index (χ0) is 14.7. The Kier molecular flexibility index (Phi) is 5.17. The Morgan fingerprint density at radius 2 is 1.75 bits per heavy atom. The van der Waals surface area contributed by atoms with Crippen molar-refractivity contribution in [3.05, 3.63) is 57.0 Å². The first-order chi connectivity index (χ1) is 9.45. The molecule has 0 spiro atoms. The molecular formula is C15H14Cl3NO. The Hall–Kier alpha value is -0.930. The van der Waals surface area contributed by atoms with Gasteiger partial charge >= 0.3 is 0 Å². The second-order valence-corrected chi connectivity index (χ2v) is 5.89. The van der Waals surface area contributed by atoms with E-state index in [4.69, 9.17) is 45.3 Å². The maximum absolute atomic E-state index is 6.21. The van der Waals surface area contributed by atoms with E-state index in [2.05, 4.69) is 0 Å². The molecule has 0 fully saturated rings. The summed E-state index contributed by atoms with van der Waals surface area (Å²) in [5.74, 6) is 1.23. The minimum Gasteiger partial charge on any atom is -0.457 e. The standard InChI is InChI=1S/C15H14Cl3NO/c1-9(19)5-13-14(18)3-2-4-15(13)20-12-7-10(16)6-11(17)8-12/h2-4,6-9H,5,19H2,1H3. The number of ether oxygens (including phenoxy) is 1. The molecule has 0 radical (unpaired) electrons. The van der Waals surface area contributed by atoms with E-state index < -0.39 is 0 Å². The molecule has 20 heavy (non-hydrogen) atoms. The van der Waals surface area contributed by atoms with Gasteiger partial charge in [0, 0.05) is 26.7 Å². The van der Waals surface area contributed by atoms with Gasteiger partial charge in [-0.15, -0.1) is 0 Å². The maximum Gasteiger partial charge on any atom is 0.132 e. The molecule has 1 atom stereocenters. The van der Waals surface area contributed by atoms with Gasteiger partial charge in [0.25, 0.3) is 0 Å². The van der Waals surface area contributed by atoms with Crippen LogP contribution in [0.15, 0.2) is 36.4 Å². The van der Waals surface area contributed by atoms with Gasteiger partial charge < -0.3 is 10.5 Å².